The summed E-state index contributed by atoms with van der Waals surface area (Å²) in [5.74, 6) is -1.74. The first-order chi connectivity index (χ1) is 10.4. The van der Waals surface area contributed by atoms with Gasteiger partial charge >= 0.3 is 5.69 Å². The van der Waals surface area contributed by atoms with Crippen LogP contribution >= 0.6 is 11.6 Å². The van der Waals surface area contributed by atoms with E-state index in [4.69, 9.17) is 11.6 Å². The third kappa shape index (κ3) is 2.07. The van der Waals surface area contributed by atoms with Gasteiger partial charge in [0.05, 0.1) is 10.5 Å². The number of nitro benzene ring substituents is 1. The Morgan fingerprint density at radius 1 is 1.27 bits per heavy atom. The van der Waals surface area contributed by atoms with E-state index in [2.05, 4.69) is 0 Å². The lowest BCUT2D eigenvalue weighted by Gasteiger charge is -2.17. The number of phenolic OH excluding ortho intramolecular Hbond substituents is 1. The predicted molar refractivity (Wildman–Crippen MR) is 76.6 cm³/mol. The Morgan fingerprint density at radius 2 is 1.91 bits per heavy atom. The van der Waals surface area contributed by atoms with Crippen LogP contribution < -0.4 is 5.56 Å². The Morgan fingerprint density at radius 3 is 2.50 bits per heavy atom. The Bertz CT molecular complexity index is 843. The van der Waals surface area contributed by atoms with Crippen LogP contribution in [0.1, 0.15) is 12.8 Å². The van der Waals surface area contributed by atoms with Gasteiger partial charge in [0.1, 0.15) is 11.0 Å². The van der Waals surface area contributed by atoms with Gasteiger partial charge in [-0.25, -0.2) is 9.07 Å². The summed E-state index contributed by atoms with van der Waals surface area (Å²) in [5, 5.41) is 20.4. The highest BCUT2D eigenvalue weighted by Gasteiger charge is 2.27. The van der Waals surface area contributed by atoms with Crippen LogP contribution in [0.2, 0.25) is 5.15 Å². The van der Waals surface area contributed by atoms with E-state index < -0.39 is 27.7 Å². The van der Waals surface area contributed by atoms with Crippen LogP contribution in [0.5, 0.6) is 5.75 Å². The smallest absolute Gasteiger partial charge is 0.311 e. The van der Waals surface area contributed by atoms with Gasteiger partial charge in [0.2, 0.25) is 0 Å². The zero-order valence-electron chi connectivity index (χ0n) is 11.3. The zero-order chi connectivity index (χ0) is 16.0. The number of aromatic nitrogens is 2. The molecule has 7 nitrogen and oxygen atoms in total. The van der Waals surface area contributed by atoms with Crippen molar-refractivity contribution in [3.63, 3.8) is 0 Å². The zero-order valence-corrected chi connectivity index (χ0v) is 12.0. The lowest BCUT2D eigenvalue weighted by atomic mass is 10.1. The van der Waals surface area contributed by atoms with Crippen molar-refractivity contribution < 1.29 is 14.4 Å². The number of nitrogens with zero attached hydrogens (tertiary/aromatic N) is 3. The molecule has 1 aliphatic rings. The van der Waals surface area contributed by atoms with Crippen LogP contribution in [0.3, 0.4) is 0 Å². The fourth-order valence-corrected chi connectivity index (χ4v) is 3.00. The number of hydrogen-bond donors (Lipinski definition) is 1. The quantitative estimate of drug-likeness (QED) is 0.678. The van der Waals surface area contributed by atoms with E-state index in [1.807, 2.05) is 0 Å². The van der Waals surface area contributed by atoms with E-state index >= 15 is 0 Å². The molecule has 0 unspecified atom stereocenters. The maximum atomic E-state index is 14.1. The maximum Gasteiger partial charge on any atom is 0.311 e. The monoisotopic (exact) mass is 327 g/mol. The highest BCUT2D eigenvalue weighted by molar-refractivity contribution is 6.32. The topological polar surface area (TPSA) is 90.3 Å². The Balaban J connectivity index is 2.29. The van der Waals surface area contributed by atoms with Crippen molar-refractivity contribution in [3.8, 4) is 16.9 Å². The molecule has 1 N–H and O–H groups in total. The molecular formula is C13H11ClFN3O4. The van der Waals surface area contributed by atoms with Crippen molar-refractivity contribution in [2.45, 2.75) is 25.9 Å². The molecule has 1 aliphatic heterocycles. The molecule has 22 heavy (non-hydrogen) atoms. The minimum Gasteiger partial charge on any atom is -0.502 e. The van der Waals surface area contributed by atoms with E-state index in [-0.39, 0.29) is 16.3 Å². The van der Waals surface area contributed by atoms with E-state index in [0.717, 1.165) is 18.9 Å². The Hall–Kier alpha value is -2.35. The largest absolute Gasteiger partial charge is 0.502 e. The molecule has 9 heteroatoms. The van der Waals surface area contributed by atoms with Gasteiger partial charge in [-0.05, 0) is 12.8 Å². The third-order valence-electron chi connectivity index (χ3n) is 3.69. The first-order valence-corrected chi connectivity index (χ1v) is 6.96. The lowest BCUT2D eigenvalue weighted by Crippen LogP contribution is -2.27. The number of aromatic hydroxyl groups is 1. The highest BCUT2D eigenvalue weighted by atomic mass is 35.5. The summed E-state index contributed by atoms with van der Waals surface area (Å²) in [5.41, 5.74) is -1.58. The third-order valence-corrected chi connectivity index (χ3v) is 4.08. The number of halogens is 2. The van der Waals surface area contributed by atoms with E-state index in [1.54, 1.807) is 4.68 Å². The van der Waals surface area contributed by atoms with Crippen molar-refractivity contribution in [3.05, 3.63) is 43.6 Å². The van der Waals surface area contributed by atoms with Gasteiger partial charge in [0.15, 0.2) is 5.75 Å². The van der Waals surface area contributed by atoms with Crippen molar-refractivity contribution in [2.75, 3.05) is 0 Å². The average molecular weight is 328 g/mol. The fourth-order valence-electron chi connectivity index (χ4n) is 2.64. The lowest BCUT2D eigenvalue weighted by molar-refractivity contribution is -0.385. The summed E-state index contributed by atoms with van der Waals surface area (Å²) in [7, 11) is 0. The number of rotatable bonds is 2. The number of hydrogen-bond acceptors (Lipinski definition) is 4. The standard InChI is InChI=1S/C13H11ClFN3O4/c14-12-11(13(20)17-4-2-1-3-16(12)17)7-5-9(18(21)22)10(19)6-8(7)15/h5-6,19H,1-4H2. The maximum absolute atomic E-state index is 14.1. The number of nitro groups is 1. The minimum atomic E-state index is -0.939. The van der Waals surface area contributed by atoms with Crippen molar-refractivity contribution in [2.24, 2.45) is 0 Å². The molecule has 2 aromatic rings. The van der Waals surface area contributed by atoms with E-state index in [0.29, 0.717) is 19.2 Å². The first kappa shape index (κ1) is 14.6. The van der Waals surface area contributed by atoms with Crippen LogP contribution in [0.25, 0.3) is 11.1 Å². The molecule has 3 rings (SSSR count). The molecule has 0 amide bonds. The highest BCUT2D eigenvalue weighted by Crippen LogP contribution is 2.36. The Kier molecular flexibility index (Phi) is 3.40. The van der Waals surface area contributed by atoms with Gasteiger partial charge < -0.3 is 5.11 Å². The van der Waals surface area contributed by atoms with E-state index in [9.17, 15) is 24.4 Å². The molecule has 0 fully saturated rings. The van der Waals surface area contributed by atoms with Crippen LogP contribution in [-0.4, -0.2) is 19.4 Å². The summed E-state index contributed by atoms with van der Waals surface area (Å²) < 4.78 is 17.1. The Labute approximate surface area is 128 Å². The van der Waals surface area contributed by atoms with Crippen LogP contribution in [-0.2, 0) is 13.1 Å². The minimum absolute atomic E-state index is 0.0450. The molecule has 0 saturated heterocycles. The van der Waals surface area contributed by atoms with E-state index in [1.165, 1.54) is 4.68 Å². The molecule has 0 spiro atoms. The van der Waals surface area contributed by atoms with Crippen LogP contribution in [0.4, 0.5) is 10.1 Å². The van der Waals surface area contributed by atoms with Crippen molar-refractivity contribution >= 4 is 17.3 Å². The molecule has 2 heterocycles. The predicted octanol–water partition coefficient (Wildman–Crippen LogP) is 2.52. The van der Waals surface area contributed by atoms with Gasteiger partial charge in [-0.1, -0.05) is 11.6 Å². The number of phenols is 1. The molecule has 1 aromatic carbocycles. The normalized spacial score (nSPS) is 13.9. The summed E-state index contributed by atoms with van der Waals surface area (Å²) in [6.07, 6.45) is 1.64. The first-order valence-electron chi connectivity index (χ1n) is 6.58. The fraction of sp³-hybridized carbons (Fsp3) is 0.308. The SMILES string of the molecule is O=c1c(-c2cc([N+](=O)[O-])c(O)cc2F)c(Cl)n2n1CCCC2. The number of benzene rings is 1. The van der Waals surface area contributed by atoms with Crippen molar-refractivity contribution in [1.29, 1.82) is 0 Å². The molecule has 116 valence electrons. The van der Waals surface area contributed by atoms with Crippen LogP contribution in [0.15, 0.2) is 16.9 Å². The average Bonchev–Trinajstić information content (AvgIpc) is 2.72. The van der Waals surface area contributed by atoms with Gasteiger partial charge in [-0.3, -0.25) is 19.6 Å². The molecule has 0 radical (unpaired) electrons. The summed E-state index contributed by atoms with van der Waals surface area (Å²) in [4.78, 5) is 22.4. The summed E-state index contributed by atoms with van der Waals surface area (Å²) in [6, 6.07) is 1.45. The second-order valence-electron chi connectivity index (χ2n) is 5.00. The van der Waals surface area contributed by atoms with Crippen LogP contribution in [0, 0.1) is 15.9 Å². The van der Waals surface area contributed by atoms with Crippen molar-refractivity contribution in [1.82, 2.24) is 9.36 Å². The van der Waals surface area contributed by atoms with Gasteiger partial charge in [-0.2, -0.15) is 0 Å². The van der Waals surface area contributed by atoms with Gasteiger partial charge in [-0.15, -0.1) is 0 Å². The molecular weight excluding hydrogens is 317 g/mol. The number of fused-ring (bicyclic) bond motifs is 1. The van der Waals surface area contributed by atoms with Gasteiger partial charge in [0.25, 0.3) is 5.56 Å². The second kappa shape index (κ2) is 5.13. The molecule has 0 bridgehead atoms. The summed E-state index contributed by atoms with van der Waals surface area (Å²) in [6.45, 7) is 0.982. The molecule has 0 atom stereocenters. The molecule has 1 aromatic heterocycles. The molecule has 0 saturated carbocycles. The summed E-state index contributed by atoms with van der Waals surface area (Å²) >= 11 is 6.17. The molecule has 0 aliphatic carbocycles. The second-order valence-corrected chi connectivity index (χ2v) is 5.36. The van der Waals surface area contributed by atoms with Gasteiger partial charge in [0, 0.05) is 30.8 Å².